The lowest BCUT2D eigenvalue weighted by atomic mass is 9.78. The Labute approximate surface area is 109 Å². The van der Waals surface area contributed by atoms with E-state index in [-0.39, 0.29) is 0 Å². The number of rotatable bonds is 4. The van der Waals surface area contributed by atoms with E-state index < -0.39 is 11.5 Å². The Bertz CT molecular complexity index is 422. The van der Waals surface area contributed by atoms with Crippen molar-refractivity contribution in [1.82, 2.24) is 0 Å². The second kappa shape index (κ2) is 5.54. The van der Waals surface area contributed by atoms with Crippen molar-refractivity contribution in [3.8, 4) is 6.07 Å². The van der Waals surface area contributed by atoms with Crippen LogP contribution in [-0.4, -0.2) is 11.2 Å². The van der Waals surface area contributed by atoms with Gasteiger partial charge in [0.05, 0.1) is 17.6 Å². The first-order chi connectivity index (χ1) is 8.70. The van der Waals surface area contributed by atoms with E-state index in [9.17, 15) is 10.4 Å². The predicted molar refractivity (Wildman–Crippen MR) is 71.8 cm³/mol. The lowest BCUT2D eigenvalue weighted by Crippen LogP contribution is -2.33. The lowest BCUT2D eigenvalue weighted by molar-refractivity contribution is 0.0650. The third-order valence-corrected chi connectivity index (χ3v) is 4.36. The van der Waals surface area contributed by atoms with Crippen LogP contribution in [0, 0.1) is 22.7 Å². The highest BCUT2D eigenvalue weighted by Crippen LogP contribution is 2.45. The number of benzene rings is 1. The monoisotopic (exact) mass is 243 g/mol. The van der Waals surface area contributed by atoms with Crippen molar-refractivity contribution in [3.05, 3.63) is 35.9 Å². The molecule has 1 fully saturated rings. The molecule has 0 bridgehead atoms. The van der Waals surface area contributed by atoms with E-state index in [2.05, 4.69) is 13.0 Å². The molecule has 3 unspecified atom stereocenters. The van der Waals surface area contributed by atoms with Crippen LogP contribution in [0.15, 0.2) is 30.3 Å². The van der Waals surface area contributed by atoms with Gasteiger partial charge in [-0.2, -0.15) is 5.26 Å². The van der Waals surface area contributed by atoms with Gasteiger partial charge in [-0.1, -0.05) is 43.7 Å². The van der Waals surface area contributed by atoms with E-state index in [1.165, 1.54) is 0 Å². The van der Waals surface area contributed by atoms with Gasteiger partial charge in [0.1, 0.15) is 0 Å². The molecule has 1 saturated carbocycles. The second-order valence-electron chi connectivity index (χ2n) is 5.49. The van der Waals surface area contributed by atoms with E-state index >= 15 is 0 Å². The molecule has 2 nitrogen and oxygen atoms in total. The summed E-state index contributed by atoms with van der Waals surface area (Å²) in [5.41, 5.74) is 0.593. The van der Waals surface area contributed by atoms with Gasteiger partial charge in [0.2, 0.25) is 0 Å². The van der Waals surface area contributed by atoms with E-state index in [1.807, 2.05) is 30.3 Å². The van der Waals surface area contributed by atoms with Crippen LogP contribution in [-0.2, 0) is 6.42 Å². The molecule has 0 aromatic heterocycles. The quantitative estimate of drug-likeness (QED) is 0.881. The van der Waals surface area contributed by atoms with E-state index in [0.717, 1.165) is 31.2 Å². The van der Waals surface area contributed by atoms with Gasteiger partial charge in [-0.25, -0.2) is 0 Å². The second-order valence-corrected chi connectivity index (χ2v) is 5.49. The van der Waals surface area contributed by atoms with Crippen molar-refractivity contribution >= 4 is 0 Å². The molecular formula is C16H21NO. The van der Waals surface area contributed by atoms with Crippen LogP contribution in [0.1, 0.15) is 38.2 Å². The molecule has 0 amide bonds. The highest BCUT2D eigenvalue weighted by atomic mass is 16.3. The Balaban J connectivity index is 2.08. The smallest absolute Gasteiger partial charge is 0.0838 e. The van der Waals surface area contributed by atoms with Crippen molar-refractivity contribution in [3.63, 3.8) is 0 Å². The SMILES string of the molecule is CCC1CCC(C#N)(C(O)Cc2ccccc2)C1. The predicted octanol–water partition coefficient (Wildman–Crippen LogP) is 3.31. The Morgan fingerprint density at radius 3 is 2.72 bits per heavy atom. The van der Waals surface area contributed by atoms with Crippen molar-refractivity contribution < 1.29 is 5.11 Å². The molecule has 1 aromatic rings. The van der Waals surface area contributed by atoms with Crippen LogP contribution in [0.4, 0.5) is 0 Å². The molecular weight excluding hydrogens is 222 g/mol. The largest absolute Gasteiger partial charge is 0.391 e. The zero-order valence-electron chi connectivity index (χ0n) is 11.0. The average Bonchev–Trinajstić information content (AvgIpc) is 2.85. The Kier molecular flexibility index (Phi) is 4.04. The molecule has 0 spiro atoms. The lowest BCUT2D eigenvalue weighted by Gasteiger charge is -2.27. The van der Waals surface area contributed by atoms with Crippen molar-refractivity contribution in [2.75, 3.05) is 0 Å². The molecule has 3 atom stereocenters. The molecule has 18 heavy (non-hydrogen) atoms. The first-order valence-electron chi connectivity index (χ1n) is 6.83. The molecule has 0 radical (unpaired) electrons. The molecule has 1 aliphatic carbocycles. The van der Waals surface area contributed by atoms with Gasteiger partial charge in [-0.05, 0) is 37.2 Å². The van der Waals surface area contributed by atoms with Gasteiger partial charge >= 0.3 is 0 Å². The van der Waals surface area contributed by atoms with Crippen LogP contribution >= 0.6 is 0 Å². The first-order valence-corrected chi connectivity index (χ1v) is 6.83. The molecule has 0 heterocycles. The number of aliphatic hydroxyl groups is 1. The first kappa shape index (κ1) is 13.1. The third kappa shape index (κ3) is 2.57. The summed E-state index contributed by atoms with van der Waals surface area (Å²) >= 11 is 0. The molecule has 1 N–H and O–H groups in total. The van der Waals surface area contributed by atoms with Crippen molar-refractivity contribution in [2.45, 2.75) is 45.1 Å². The summed E-state index contributed by atoms with van der Waals surface area (Å²) in [5, 5.41) is 19.9. The van der Waals surface area contributed by atoms with Crippen molar-refractivity contribution in [1.29, 1.82) is 5.26 Å². The number of hydrogen-bond acceptors (Lipinski definition) is 2. The van der Waals surface area contributed by atoms with Crippen LogP contribution in [0.3, 0.4) is 0 Å². The van der Waals surface area contributed by atoms with Crippen LogP contribution in [0.5, 0.6) is 0 Å². The fraction of sp³-hybridized carbons (Fsp3) is 0.562. The van der Waals surface area contributed by atoms with Gasteiger partial charge in [0.15, 0.2) is 0 Å². The molecule has 1 aromatic carbocycles. The van der Waals surface area contributed by atoms with E-state index in [4.69, 9.17) is 0 Å². The van der Waals surface area contributed by atoms with E-state index in [0.29, 0.717) is 12.3 Å². The molecule has 2 heteroatoms. The van der Waals surface area contributed by atoms with Crippen LogP contribution in [0.2, 0.25) is 0 Å². The topological polar surface area (TPSA) is 44.0 Å². The summed E-state index contributed by atoms with van der Waals surface area (Å²) in [7, 11) is 0. The Morgan fingerprint density at radius 1 is 1.44 bits per heavy atom. The number of hydrogen-bond donors (Lipinski definition) is 1. The summed E-state index contributed by atoms with van der Waals surface area (Å²) in [6.45, 7) is 2.17. The summed E-state index contributed by atoms with van der Waals surface area (Å²) in [6.07, 6.45) is 3.94. The normalized spacial score (nSPS) is 28.8. The third-order valence-electron chi connectivity index (χ3n) is 4.36. The molecule has 1 aliphatic rings. The van der Waals surface area contributed by atoms with Gasteiger partial charge < -0.3 is 5.11 Å². The minimum absolute atomic E-state index is 0.517. The summed E-state index contributed by atoms with van der Waals surface area (Å²) in [6, 6.07) is 12.4. The highest BCUT2D eigenvalue weighted by molar-refractivity contribution is 5.18. The average molecular weight is 243 g/mol. The zero-order valence-corrected chi connectivity index (χ0v) is 11.0. The van der Waals surface area contributed by atoms with Gasteiger partial charge in [-0.15, -0.1) is 0 Å². The molecule has 2 rings (SSSR count). The Hall–Kier alpha value is -1.33. The summed E-state index contributed by atoms with van der Waals surface area (Å²) in [5.74, 6) is 0.607. The van der Waals surface area contributed by atoms with Crippen LogP contribution in [0.25, 0.3) is 0 Å². The maximum atomic E-state index is 10.4. The molecule has 0 aliphatic heterocycles. The summed E-state index contributed by atoms with van der Waals surface area (Å²) < 4.78 is 0. The minimum atomic E-state index is -0.540. The fourth-order valence-corrected chi connectivity index (χ4v) is 3.04. The number of nitriles is 1. The number of aliphatic hydroxyl groups excluding tert-OH is 1. The van der Waals surface area contributed by atoms with Crippen molar-refractivity contribution in [2.24, 2.45) is 11.3 Å². The Morgan fingerprint density at radius 2 is 2.17 bits per heavy atom. The summed E-state index contributed by atoms with van der Waals surface area (Å²) in [4.78, 5) is 0. The standard InChI is InChI=1S/C16H21NO/c1-2-13-8-9-16(11-13,12-17)15(18)10-14-6-4-3-5-7-14/h3-7,13,15,18H,2,8-11H2,1H3. The van der Waals surface area contributed by atoms with E-state index in [1.54, 1.807) is 0 Å². The maximum absolute atomic E-state index is 10.4. The zero-order chi connectivity index (χ0) is 13.0. The minimum Gasteiger partial charge on any atom is -0.391 e. The maximum Gasteiger partial charge on any atom is 0.0838 e. The van der Waals surface area contributed by atoms with Gasteiger partial charge in [0.25, 0.3) is 0 Å². The highest BCUT2D eigenvalue weighted by Gasteiger charge is 2.44. The molecule has 96 valence electrons. The van der Waals surface area contributed by atoms with Crippen LogP contribution < -0.4 is 0 Å². The van der Waals surface area contributed by atoms with Gasteiger partial charge in [-0.3, -0.25) is 0 Å². The molecule has 0 saturated heterocycles. The number of nitrogens with zero attached hydrogens (tertiary/aromatic N) is 1. The van der Waals surface area contributed by atoms with Gasteiger partial charge in [0, 0.05) is 0 Å². The fourth-order valence-electron chi connectivity index (χ4n) is 3.04.